The fourth-order valence-electron chi connectivity index (χ4n) is 9.99. The minimum atomic E-state index is -0.447. The third-order valence-electron chi connectivity index (χ3n) is 12.3. The van der Waals surface area contributed by atoms with Gasteiger partial charge in [0.1, 0.15) is 0 Å². The van der Waals surface area contributed by atoms with E-state index in [9.17, 15) is 0 Å². The van der Waals surface area contributed by atoms with Crippen LogP contribution in [0.15, 0.2) is 205 Å². The van der Waals surface area contributed by atoms with Crippen LogP contribution < -0.4 is 0 Å². The zero-order chi connectivity index (χ0) is 34.7. The van der Waals surface area contributed by atoms with Crippen molar-refractivity contribution in [2.45, 2.75) is 36.5 Å². The highest BCUT2D eigenvalue weighted by molar-refractivity contribution is 5.91. The average Bonchev–Trinajstić information content (AvgIpc) is 3.52. The number of fused-ring (bicyclic) bond motifs is 8. The molecule has 0 heteroatoms. The minimum absolute atomic E-state index is 0.339. The van der Waals surface area contributed by atoms with Crippen molar-refractivity contribution < 1.29 is 0 Å². The standard InChI is InChI=1S/C52H40/c1-36(37-17-5-2-6-18-37)38-29-31-39(32-30-38)40-33-34-44-43-23-11-12-24-45(43)52(50(44)35-40)48-27-15-13-25-46(48)51(41-19-7-3-8-20-41,42-21-9-4-10-22-42)47-26-14-16-28-49(47)52/h2-15,17-27,29-36H,16,28H2,1H3. The third-order valence-corrected chi connectivity index (χ3v) is 12.3. The molecule has 10 rings (SSSR count). The van der Waals surface area contributed by atoms with Gasteiger partial charge in [-0.15, -0.1) is 0 Å². The summed E-state index contributed by atoms with van der Waals surface area (Å²) in [6, 6.07) is 68.4. The molecule has 2 atom stereocenters. The van der Waals surface area contributed by atoms with Crippen LogP contribution in [0.3, 0.4) is 0 Å². The lowest BCUT2D eigenvalue weighted by Gasteiger charge is -2.51. The lowest BCUT2D eigenvalue weighted by atomic mass is 9.50. The summed E-state index contributed by atoms with van der Waals surface area (Å²) in [7, 11) is 0. The smallest absolute Gasteiger partial charge is 0.0704 e. The Hall–Kier alpha value is -5.98. The second kappa shape index (κ2) is 12.1. The Balaban J connectivity index is 1.24. The predicted octanol–water partition coefficient (Wildman–Crippen LogP) is 12.8. The summed E-state index contributed by atoms with van der Waals surface area (Å²) in [6.45, 7) is 2.30. The van der Waals surface area contributed by atoms with Gasteiger partial charge in [0.15, 0.2) is 0 Å². The molecule has 0 saturated carbocycles. The van der Waals surface area contributed by atoms with Crippen molar-refractivity contribution in [3.8, 4) is 22.3 Å². The SMILES string of the molecule is CC(c1ccccc1)c1ccc(-c2ccc3c(c2)C2(C4=C(C=CCC4)C(c4ccccc4)(c4ccccc4)c4ccccc42)c2ccccc2-3)cc1. The van der Waals surface area contributed by atoms with Crippen molar-refractivity contribution in [3.05, 3.63) is 250 Å². The normalized spacial score (nSPS) is 18.3. The fourth-order valence-corrected chi connectivity index (χ4v) is 9.99. The van der Waals surface area contributed by atoms with Crippen LogP contribution in [0.2, 0.25) is 0 Å². The largest absolute Gasteiger partial charge is 0.0839 e. The van der Waals surface area contributed by atoms with Gasteiger partial charge in [0, 0.05) is 5.92 Å². The zero-order valence-electron chi connectivity index (χ0n) is 29.5. The van der Waals surface area contributed by atoms with Crippen molar-refractivity contribution in [2.24, 2.45) is 0 Å². The monoisotopic (exact) mass is 664 g/mol. The van der Waals surface area contributed by atoms with E-state index in [0.717, 1.165) is 12.8 Å². The molecular weight excluding hydrogens is 625 g/mol. The topological polar surface area (TPSA) is 0 Å². The van der Waals surface area contributed by atoms with Crippen LogP contribution in [-0.4, -0.2) is 0 Å². The van der Waals surface area contributed by atoms with Gasteiger partial charge in [-0.25, -0.2) is 0 Å². The Bertz CT molecular complexity index is 2460. The lowest BCUT2D eigenvalue weighted by molar-refractivity contribution is 0.584. The molecule has 0 fully saturated rings. The molecule has 0 bridgehead atoms. The highest BCUT2D eigenvalue weighted by Gasteiger charge is 2.57. The summed E-state index contributed by atoms with van der Waals surface area (Å²) >= 11 is 0. The minimum Gasteiger partial charge on any atom is -0.0839 e. The molecule has 7 aromatic rings. The Labute approximate surface area is 307 Å². The van der Waals surface area contributed by atoms with Crippen LogP contribution in [0.25, 0.3) is 22.3 Å². The summed E-state index contributed by atoms with van der Waals surface area (Å²) in [4.78, 5) is 0. The Morgan fingerprint density at radius 2 is 0.962 bits per heavy atom. The van der Waals surface area contributed by atoms with Gasteiger partial charge in [-0.1, -0.05) is 195 Å². The van der Waals surface area contributed by atoms with Crippen molar-refractivity contribution in [2.75, 3.05) is 0 Å². The van der Waals surface area contributed by atoms with Crippen molar-refractivity contribution in [1.29, 1.82) is 0 Å². The first kappa shape index (κ1) is 30.8. The van der Waals surface area contributed by atoms with Crippen LogP contribution in [0.5, 0.6) is 0 Å². The summed E-state index contributed by atoms with van der Waals surface area (Å²) in [5.74, 6) is 0.339. The molecule has 1 spiro atoms. The molecule has 52 heavy (non-hydrogen) atoms. The molecule has 0 saturated heterocycles. The van der Waals surface area contributed by atoms with Gasteiger partial charge in [-0.2, -0.15) is 0 Å². The van der Waals surface area contributed by atoms with Gasteiger partial charge in [0.25, 0.3) is 0 Å². The maximum atomic E-state index is 2.53. The first-order valence-corrected chi connectivity index (χ1v) is 18.7. The summed E-state index contributed by atoms with van der Waals surface area (Å²) in [6.07, 6.45) is 6.93. The first-order valence-electron chi connectivity index (χ1n) is 18.7. The van der Waals surface area contributed by atoms with Crippen LogP contribution >= 0.6 is 0 Å². The van der Waals surface area contributed by atoms with Gasteiger partial charge in [0.2, 0.25) is 0 Å². The van der Waals surface area contributed by atoms with E-state index in [1.807, 2.05) is 0 Å². The van der Waals surface area contributed by atoms with E-state index in [4.69, 9.17) is 0 Å². The second-order valence-electron chi connectivity index (χ2n) is 14.7. The number of benzene rings is 7. The molecule has 0 amide bonds. The molecule has 0 nitrogen and oxygen atoms in total. The van der Waals surface area contributed by atoms with Gasteiger partial charge in [0.05, 0.1) is 10.8 Å². The van der Waals surface area contributed by atoms with E-state index in [-0.39, 0.29) is 0 Å². The van der Waals surface area contributed by atoms with Crippen LogP contribution in [0.1, 0.15) is 70.2 Å². The quantitative estimate of drug-likeness (QED) is 0.172. The van der Waals surface area contributed by atoms with E-state index in [0.29, 0.717) is 5.92 Å². The first-order chi connectivity index (χ1) is 25.7. The molecule has 2 unspecified atom stereocenters. The summed E-state index contributed by atoms with van der Waals surface area (Å²) in [5, 5.41) is 0. The maximum absolute atomic E-state index is 2.53. The Morgan fingerprint density at radius 3 is 1.63 bits per heavy atom. The zero-order valence-corrected chi connectivity index (χ0v) is 29.5. The van der Waals surface area contributed by atoms with Crippen molar-refractivity contribution in [3.63, 3.8) is 0 Å². The Kier molecular flexibility index (Phi) is 7.15. The fraction of sp³-hybridized carbons (Fsp3) is 0.115. The van der Waals surface area contributed by atoms with Crippen LogP contribution in [0.4, 0.5) is 0 Å². The second-order valence-corrected chi connectivity index (χ2v) is 14.7. The summed E-state index contributed by atoms with van der Waals surface area (Å²) < 4.78 is 0. The molecule has 0 radical (unpaired) electrons. The molecule has 3 aliphatic carbocycles. The number of hydrogen-bond donors (Lipinski definition) is 0. The van der Waals surface area contributed by atoms with Crippen molar-refractivity contribution >= 4 is 0 Å². The highest BCUT2D eigenvalue weighted by atomic mass is 14.6. The van der Waals surface area contributed by atoms with E-state index in [2.05, 4.69) is 201 Å². The van der Waals surface area contributed by atoms with E-state index < -0.39 is 10.8 Å². The number of allylic oxidation sites excluding steroid dienone is 4. The molecular formula is C52H40. The average molecular weight is 665 g/mol. The third kappa shape index (κ3) is 4.28. The van der Waals surface area contributed by atoms with Gasteiger partial charge in [-0.3, -0.25) is 0 Å². The molecule has 0 aromatic heterocycles. The lowest BCUT2D eigenvalue weighted by Crippen LogP contribution is -2.45. The van der Waals surface area contributed by atoms with Crippen LogP contribution in [0, 0.1) is 0 Å². The molecule has 0 heterocycles. The molecule has 7 aromatic carbocycles. The Morgan fingerprint density at radius 1 is 0.442 bits per heavy atom. The highest BCUT2D eigenvalue weighted by Crippen LogP contribution is 2.66. The van der Waals surface area contributed by atoms with Crippen LogP contribution in [-0.2, 0) is 10.8 Å². The summed E-state index contributed by atoms with van der Waals surface area (Å²) in [5.41, 5.74) is 18.2. The van der Waals surface area contributed by atoms with E-state index >= 15 is 0 Å². The number of hydrogen-bond acceptors (Lipinski definition) is 0. The number of rotatable bonds is 5. The van der Waals surface area contributed by atoms with Gasteiger partial charge in [-0.05, 0) is 96.8 Å². The van der Waals surface area contributed by atoms with Gasteiger partial charge >= 0.3 is 0 Å². The van der Waals surface area contributed by atoms with Gasteiger partial charge < -0.3 is 0 Å². The van der Waals surface area contributed by atoms with E-state index in [1.54, 1.807) is 0 Å². The van der Waals surface area contributed by atoms with Crippen molar-refractivity contribution in [1.82, 2.24) is 0 Å². The maximum Gasteiger partial charge on any atom is 0.0704 e. The molecule has 3 aliphatic rings. The molecule has 0 N–H and O–H groups in total. The molecule has 0 aliphatic heterocycles. The molecule has 248 valence electrons. The van der Waals surface area contributed by atoms with E-state index in [1.165, 1.54) is 77.9 Å². The predicted molar refractivity (Wildman–Crippen MR) is 216 cm³/mol.